The summed E-state index contributed by atoms with van der Waals surface area (Å²) < 4.78 is 0. The van der Waals surface area contributed by atoms with E-state index < -0.39 is 0 Å². The lowest BCUT2D eigenvalue weighted by Gasteiger charge is -2.62. The van der Waals surface area contributed by atoms with Crippen LogP contribution in [0.2, 0.25) is 0 Å². The molecular formula is C24H33NO2. The van der Waals surface area contributed by atoms with Crippen LogP contribution < -0.4 is 0 Å². The number of hydrogen-bond donors (Lipinski definition) is 2. The lowest BCUT2D eigenvalue weighted by atomic mass is 9.44. The molecule has 3 fully saturated rings. The van der Waals surface area contributed by atoms with Gasteiger partial charge in [-0.2, -0.15) is 0 Å². The smallest absolute Gasteiger partial charge is 0.0577 e. The quantitative estimate of drug-likeness (QED) is 0.771. The highest BCUT2D eigenvalue weighted by Crippen LogP contribution is 2.67. The van der Waals surface area contributed by atoms with Crippen LogP contribution in [0.25, 0.3) is 5.57 Å². The zero-order chi connectivity index (χ0) is 18.8. The number of fused-ring (bicyclic) bond motifs is 5. The summed E-state index contributed by atoms with van der Waals surface area (Å²) in [4.78, 5) is 4.35. The van der Waals surface area contributed by atoms with Gasteiger partial charge < -0.3 is 10.2 Å². The van der Waals surface area contributed by atoms with E-state index in [1.54, 1.807) is 0 Å². The largest absolute Gasteiger partial charge is 0.393 e. The van der Waals surface area contributed by atoms with Gasteiger partial charge in [-0.25, -0.2) is 0 Å². The Balaban J connectivity index is 1.48. The molecule has 3 nitrogen and oxygen atoms in total. The van der Waals surface area contributed by atoms with Crippen molar-refractivity contribution >= 4 is 5.57 Å². The van der Waals surface area contributed by atoms with E-state index in [1.807, 2.05) is 18.5 Å². The van der Waals surface area contributed by atoms with E-state index in [0.717, 1.165) is 32.1 Å². The Labute approximate surface area is 162 Å². The molecule has 4 aliphatic carbocycles. The third-order valence-electron chi connectivity index (χ3n) is 9.21. The number of hydrogen-bond acceptors (Lipinski definition) is 3. The second-order valence-electron chi connectivity index (χ2n) is 10.3. The number of pyridine rings is 1. The van der Waals surface area contributed by atoms with Gasteiger partial charge in [0.1, 0.15) is 0 Å². The Morgan fingerprint density at radius 1 is 1.07 bits per heavy atom. The predicted molar refractivity (Wildman–Crippen MR) is 107 cm³/mol. The average Bonchev–Trinajstić information content (AvgIpc) is 3.01. The number of rotatable bonds is 1. The Kier molecular flexibility index (Phi) is 4.07. The fourth-order valence-corrected chi connectivity index (χ4v) is 7.74. The first-order valence-electron chi connectivity index (χ1n) is 10.9. The zero-order valence-electron chi connectivity index (χ0n) is 16.6. The maximum atomic E-state index is 11.2. The zero-order valence-corrected chi connectivity index (χ0v) is 16.6. The normalized spacial score (nSPS) is 49.0. The van der Waals surface area contributed by atoms with Crippen molar-refractivity contribution in [2.24, 2.45) is 34.5 Å². The van der Waals surface area contributed by atoms with E-state index in [9.17, 15) is 10.2 Å². The molecule has 0 saturated heterocycles. The van der Waals surface area contributed by atoms with E-state index in [0.29, 0.717) is 29.1 Å². The molecule has 3 saturated carbocycles. The van der Waals surface area contributed by atoms with Crippen molar-refractivity contribution in [2.75, 3.05) is 0 Å². The summed E-state index contributed by atoms with van der Waals surface area (Å²) in [7, 11) is 0. The molecule has 0 bridgehead atoms. The van der Waals surface area contributed by atoms with E-state index in [-0.39, 0.29) is 17.6 Å². The summed E-state index contributed by atoms with van der Waals surface area (Å²) in [5, 5.41) is 21.4. The Morgan fingerprint density at radius 2 is 1.93 bits per heavy atom. The van der Waals surface area contributed by atoms with Crippen molar-refractivity contribution in [1.29, 1.82) is 0 Å². The summed E-state index contributed by atoms with van der Waals surface area (Å²) in [6.07, 6.45) is 13.2. The first kappa shape index (κ1) is 17.9. The monoisotopic (exact) mass is 367 g/mol. The molecule has 0 spiro atoms. The summed E-state index contributed by atoms with van der Waals surface area (Å²) in [5.74, 6) is 2.00. The Morgan fingerprint density at radius 3 is 2.70 bits per heavy atom. The topological polar surface area (TPSA) is 53.4 Å². The molecule has 8 atom stereocenters. The Hall–Kier alpha value is -1.19. The second kappa shape index (κ2) is 6.15. The molecule has 1 aromatic rings. The third-order valence-corrected chi connectivity index (χ3v) is 9.21. The fraction of sp³-hybridized carbons (Fsp3) is 0.708. The summed E-state index contributed by atoms with van der Waals surface area (Å²) in [6.45, 7) is 4.91. The minimum absolute atomic E-state index is 0.155. The van der Waals surface area contributed by atoms with E-state index >= 15 is 0 Å². The molecule has 0 radical (unpaired) electrons. The molecule has 1 unspecified atom stereocenters. The minimum Gasteiger partial charge on any atom is -0.393 e. The molecule has 1 aromatic heterocycles. The molecule has 5 rings (SSSR count). The lowest BCUT2D eigenvalue weighted by Crippen LogP contribution is -2.58. The highest BCUT2D eigenvalue weighted by Gasteiger charge is 2.61. The van der Waals surface area contributed by atoms with Gasteiger partial charge in [0.15, 0.2) is 0 Å². The van der Waals surface area contributed by atoms with Crippen molar-refractivity contribution in [3.05, 3.63) is 36.2 Å². The van der Waals surface area contributed by atoms with Gasteiger partial charge in [-0.05, 0) is 96.7 Å². The van der Waals surface area contributed by atoms with E-state index in [1.165, 1.54) is 24.0 Å². The standard InChI is InChI=1S/C24H33NO2/c1-23-9-7-17(26)12-16(23)13-21(27)22-19-6-5-18(15-4-3-11-25-14-15)24(19,2)10-8-20(22)23/h3-5,11,14,16-17,19-22,26-27H,6-10,12-13H2,1-2H3/t16?,17-,19-,20-,21-,22-,23-,24+/m0/s1. The second-order valence-corrected chi connectivity index (χ2v) is 10.3. The van der Waals surface area contributed by atoms with Crippen LogP contribution in [0.15, 0.2) is 30.6 Å². The van der Waals surface area contributed by atoms with Crippen molar-refractivity contribution in [1.82, 2.24) is 4.98 Å². The number of aliphatic hydroxyl groups excluding tert-OH is 2. The van der Waals surface area contributed by atoms with Crippen molar-refractivity contribution < 1.29 is 10.2 Å². The van der Waals surface area contributed by atoms with Gasteiger partial charge in [-0.15, -0.1) is 0 Å². The Bertz CT molecular complexity index is 746. The third kappa shape index (κ3) is 2.50. The van der Waals surface area contributed by atoms with Crippen LogP contribution >= 0.6 is 0 Å². The lowest BCUT2D eigenvalue weighted by molar-refractivity contribution is -0.163. The predicted octanol–water partition coefficient (Wildman–Crippen LogP) is 4.45. The van der Waals surface area contributed by atoms with Crippen molar-refractivity contribution in [2.45, 2.75) is 71.0 Å². The first-order valence-corrected chi connectivity index (χ1v) is 10.9. The molecule has 4 aliphatic rings. The van der Waals surface area contributed by atoms with Gasteiger partial charge in [-0.3, -0.25) is 4.98 Å². The molecule has 0 aromatic carbocycles. The van der Waals surface area contributed by atoms with Crippen LogP contribution in [0.1, 0.15) is 64.4 Å². The average molecular weight is 368 g/mol. The van der Waals surface area contributed by atoms with Crippen LogP contribution in [0, 0.1) is 34.5 Å². The number of aliphatic hydroxyl groups is 2. The SMILES string of the molecule is C[C@]12CC[C@H](O)CC1C[C@H](O)[C@@H]1[C@@H]2CC[C@]2(C)C(c3cccnc3)=CC[C@@H]12. The van der Waals surface area contributed by atoms with Gasteiger partial charge in [0.25, 0.3) is 0 Å². The van der Waals surface area contributed by atoms with Gasteiger partial charge >= 0.3 is 0 Å². The van der Waals surface area contributed by atoms with E-state index in [2.05, 4.69) is 31.0 Å². The number of nitrogens with zero attached hydrogens (tertiary/aromatic N) is 1. The number of aromatic nitrogens is 1. The highest BCUT2D eigenvalue weighted by atomic mass is 16.3. The van der Waals surface area contributed by atoms with Gasteiger partial charge in [0.05, 0.1) is 12.2 Å². The summed E-state index contributed by atoms with van der Waals surface area (Å²) >= 11 is 0. The molecule has 0 aliphatic heterocycles. The van der Waals surface area contributed by atoms with Crippen LogP contribution in [-0.4, -0.2) is 27.4 Å². The van der Waals surface area contributed by atoms with Crippen LogP contribution in [0.5, 0.6) is 0 Å². The number of allylic oxidation sites excluding steroid dienone is 2. The molecule has 1 heterocycles. The molecule has 27 heavy (non-hydrogen) atoms. The molecule has 2 N–H and O–H groups in total. The minimum atomic E-state index is -0.218. The summed E-state index contributed by atoms with van der Waals surface area (Å²) in [6, 6.07) is 4.22. The highest BCUT2D eigenvalue weighted by molar-refractivity contribution is 5.72. The molecule has 3 heteroatoms. The molecule has 0 amide bonds. The van der Waals surface area contributed by atoms with Crippen LogP contribution in [-0.2, 0) is 0 Å². The van der Waals surface area contributed by atoms with E-state index in [4.69, 9.17) is 0 Å². The van der Waals surface area contributed by atoms with Crippen molar-refractivity contribution in [3.63, 3.8) is 0 Å². The fourth-order valence-electron chi connectivity index (χ4n) is 7.74. The van der Waals surface area contributed by atoms with Gasteiger partial charge in [0, 0.05) is 12.4 Å². The maximum Gasteiger partial charge on any atom is 0.0577 e. The van der Waals surface area contributed by atoms with Gasteiger partial charge in [-0.1, -0.05) is 26.0 Å². The van der Waals surface area contributed by atoms with Crippen LogP contribution in [0.4, 0.5) is 0 Å². The first-order chi connectivity index (χ1) is 12.9. The van der Waals surface area contributed by atoms with Crippen molar-refractivity contribution in [3.8, 4) is 0 Å². The maximum absolute atomic E-state index is 11.2. The molecule has 146 valence electrons. The van der Waals surface area contributed by atoms with Gasteiger partial charge in [0.2, 0.25) is 0 Å². The van der Waals surface area contributed by atoms with Crippen LogP contribution in [0.3, 0.4) is 0 Å². The summed E-state index contributed by atoms with van der Waals surface area (Å²) in [5.41, 5.74) is 3.16. The molecular weight excluding hydrogens is 334 g/mol.